The summed E-state index contributed by atoms with van der Waals surface area (Å²) in [6.45, 7) is 8.58. The summed E-state index contributed by atoms with van der Waals surface area (Å²) in [5, 5.41) is 13.6. The van der Waals surface area contributed by atoms with Crippen LogP contribution in [-0.2, 0) is 0 Å². The molecule has 2 rings (SSSR count). The van der Waals surface area contributed by atoms with E-state index < -0.39 is 4.92 Å². The number of urea groups is 1. The Kier molecular flexibility index (Phi) is 4.54. The van der Waals surface area contributed by atoms with Crippen LogP contribution in [0, 0.1) is 10.1 Å². The van der Waals surface area contributed by atoms with Crippen molar-refractivity contribution in [3.8, 4) is 0 Å². The highest BCUT2D eigenvalue weighted by molar-refractivity contribution is 5.75. The number of nitro groups is 1. The van der Waals surface area contributed by atoms with Crippen LogP contribution in [0.25, 0.3) is 0 Å². The summed E-state index contributed by atoms with van der Waals surface area (Å²) in [6, 6.07) is 6.48. The minimum atomic E-state index is -0.404. The van der Waals surface area contributed by atoms with Crippen molar-refractivity contribution in [1.82, 2.24) is 10.2 Å². The quantitative estimate of drug-likeness (QED) is 0.671. The van der Waals surface area contributed by atoms with Crippen LogP contribution in [0.1, 0.15) is 20.8 Å². The molecule has 1 aliphatic rings. The third-order valence-electron chi connectivity index (χ3n) is 3.47. The number of non-ortho nitro benzene ring substituents is 1. The normalized spacial score (nSPS) is 15.6. The fraction of sp³-hybridized carbons (Fsp3) is 0.533. The summed E-state index contributed by atoms with van der Waals surface area (Å²) < 4.78 is 0. The SMILES string of the molecule is CC(C)(C)NC(=O)N1CCN(c2ccc([N+](=O)[O-])cc2)CC1. The first-order chi connectivity index (χ1) is 10.3. The van der Waals surface area contributed by atoms with Crippen molar-refractivity contribution in [1.29, 1.82) is 0 Å². The Labute approximate surface area is 130 Å². The molecule has 0 aliphatic carbocycles. The average molecular weight is 306 g/mol. The van der Waals surface area contributed by atoms with E-state index in [2.05, 4.69) is 10.2 Å². The maximum absolute atomic E-state index is 12.1. The Morgan fingerprint density at radius 2 is 1.68 bits per heavy atom. The minimum Gasteiger partial charge on any atom is -0.368 e. The first-order valence-corrected chi connectivity index (χ1v) is 7.33. The van der Waals surface area contributed by atoms with E-state index in [1.807, 2.05) is 20.8 Å². The predicted octanol–water partition coefficient (Wildman–Crippen LogP) is 2.22. The maximum Gasteiger partial charge on any atom is 0.317 e. The van der Waals surface area contributed by atoms with Gasteiger partial charge in [0.2, 0.25) is 0 Å². The highest BCUT2D eigenvalue weighted by Gasteiger charge is 2.24. The highest BCUT2D eigenvalue weighted by atomic mass is 16.6. The van der Waals surface area contributed by atoms with Gasteiger partial charge in [-0.15, -0.1) is 0 Å². The zero-order chi connectivity index (χ0) is 16.3. The number of rotatable bonds is 2. The van der Waals surface area contributed by atoms with E-state index in [-0.39, 0.29) is 17.3 Å². The molecule has 0 atom stereocenters. The first kappa shape index (κ1) is 16.1. The van der Waals surface area contributed by atoms with Crippen LogP contribution in [-0.4, -0.2) is 47.6 Å². The molecule has 1 N–H and O–H groups in total. The van der Waals surface area contributed by atoms with Crippen molar-refractivity contribution < 1.29 is 9.72 Å². The van der Waals surface area contributed by atoms with Crippen molar-refractivity contribution >= 4 is 17.4 Å². The smallest absolute Gasteiger partial charge is 0.317 e. The van der Waals surface area contributed by atoms with Crippen LogP contribution in [0.2, 0.25) is 0 Å². The molecule has 1 fully saturated rings. The molecular formula is C15H22N4O3. The number of amides is 2. The zero-order valence-electron chi connectivity index (χ0n) is 13.2. The maximum atomic E-state index is 12.1. The molecule has 0 bridgehead atoms. The number of piperazine rings is 1. The molecule has 0 radical (unpaired) electrons. The van der Waals surface area contributed by atoms with Gasteiger partial charge in [0.1, 0.15) is 0 Å². The first-order valence-electron chi connectivity index (χ1n) is 7.33. The number of carbonyl (C=O) groups is 1. The molecule has 1 aromatic carbocycles. The van der Waals surface area contributed by atoms with E-state index >= 15 is 0 Å². The van der Waals surface area contributed by atoms with Gasteiger partial charge in [0.15, 0.2) is 0 Å². The van der Waals surface area contributed by atoms with Crippen LogP contribution < -0.4 is 10.2 Å². The number of hydrogen-bond acceptors (Lipinski definition) is 4. The third kappa shape index (κ3) is 4.09. The number of nitrogens with zero attached hydrogens (tertiary/aromatic N) is 3. The van der Waals surface area contributed by atoms with Crippen molar-refractivity contribution in [2.75, 3.05) is 31.1 Å². The van der Waals surface area contributed by atoms with E-state index in [1.165, 1.54) is 12.1 Å². The lowest BCUT2D eigenvalue weighted by Crippen LogP contribution is -2.55. The molecule has 1 saturated heterocycles. The van der Waals surface area contributed by atoms with Crippen LogP contribution in [0.4, 0.5) is 16.2 Å². The molecule has 7 nitrogen and oxygen atoms in total. The van der Waals surface area contributed by atoms with Crippen molar-refractivity contribution in [3.05, 3.63) is 34.4 Å². The van der Waals surface area contributed by atoms with Gasteiger partial charge in [0.25, 0.3) is 5.69 Å². The largest absolute Gasteiger partial charge is 0.368 e. The van der Waals surface area contributed by atoms with E-state index in [9.17, 15) is 14.9 Å². The molecule has 22 heavy (non-hydrogen) atoms. The number of anilines is 1. The van der Waals surface area contributed by atoms with Gasteiger partial charge in [-0.25, -0.2) is 4.79 Å². The van der Waals surface area contributed by atoms with Crippen LogP contribution in [0.15, 0.2) is 24.3 Å². The fourth-order valence-corrected chi connectivity index (χ4v) is 2.35. The molecule has 1 aromatic rings. The van der Waals surface area contributed by atoms with Crippen molar-refractivity contribution in [3.63, 3.8) is 0 Å². The van der Waals surface area contributed by atoms with Gasteiger partial charge in [-0.05, 0) is 32.9 Å². The standard InChI is InChI=1S/C15H22N4O3/c1-15(2,3)16-14(20)18-10-8-17(9-11-18)12-4-6-13(7-5-12)19(21)22/h4-7H,8-11H2,1-3H3,(H,16,20). The van der Waals surface area contributed by atoms with Crippen LogP contribution >= 0.6 is 0 Å². The molecule has 0 aromatic heterocycles. The molecule has 1 heterocycles. The van der Waals surface area contributed by atoms with Gasteiger partial charge in [-0.3, -0.25) is 10.1 Å². The second-order valence-electron chi connectivity index (χ2n) is 6.43. The van der Waals surface area contributed by atoms with E-state index in [0.717, 1.165) is 18.8 Å². The summed E-state index contributed by atoms with van der Waals surface area (Å²) in [7, 11) is 0. The Balaban J connectivity index is 1.91. The summed E-state index contributed by atoms with van der Waals surface area (Å²) in [6.07, 6.45) is 0. The Bertz CT molecular complexity index is 543. The number of nitro benzene ring substituents is 1. The van der Waals surface area contributed by atoms with Crippen molar-refractivity contribution in [2.45, 2.75) is 26.3 Å². The molecule has 120 valence electrons. The van der Waals surface area contributed by atoms with Gasteiger partial charge >= 0.3 is 6.03 Å². The van der Waals surface area contributed by atoms with Gasteiger partial charge in [-0.2, -0.15) is 0 Å². The monoisotopic (exact) mass is 306 g/mol. The zero-order valence-corrected chi connectivity index (χ0v) is 13.2. The van der Waals surface area contributed by atoms with Crippen LogP contribution in [0.5, 0.6) is 0 Å². The number of benzene rings is 1. The molecule has 0 unspecified atom stereocenters. The minimum absolute atomic E-state index is 0.0455. The fourth-order valence-electron chi connectivity index (χ4n) is 2.35. The van der Waals surface area contributed by atoms with Gasteiger partial charge in [0.05, 0.1) is 4.92 Å². The highest BCUT2D eigenvalue weighted by Crippen LogP contribution is 2.20. The predicted molar refractivity (Wildman–Crippen MR) is 85.2 cm³/mol. The molecular weight excluding hydrogens is 284 g/mol. The Morgan fingerprint density at radius 3 is 2.14 bits per heavy atom. The second-order valence-corrected chi connectivity index (χ2v) is 6.43. The number of carbonyl (C=O) groups excluding carboxylic acids is 1. The van der Waals surface area contributed by atoms with Gasteiger partial charge < -0.3 is 15.1 Å². The second kappa shape index (κ2) is 6.21. The van der Waals surface area contributed by atoms with Crippen molar-refractivity contribution in [2.24, 2.45) is 0 Å². The van der Waals surface area contributed by atoms with Crippen LogP contribution in [0.3, 0.4) is 0 Å². The number of nitrogens with one attached hydrogen (secondary N) is 1. The lowest BCUT2D eigenvalue weighted by molar-refractivity contribution is -0.384. The lowest BCUT2D eigenvalue weighted by atomic mass is 10.1. The van der Waals surface area contributed by atoms with E-state index in [0.29, 0.717) is 13.1 Å². The molecule has 0 saturated carbocycles. The van der Waals surface area contributed by atoms with Gasteiger partial charge in [0, 0.05) is 49.5 Å². The Hall–Kier alpha value is -2.31. The topological polar surface area (TPSA) is 78.7 Å². The molecule has 0 spiro atoms. The molecule has 7 heteroatoms. The van der Waals surface area contributed by atoms with E-state index in [4.69, 9.17) is 0 Å². The summed E-state index contributed by atoms with van der Waals surface area (Å²) in [5.41, 5.74) is 0.792. The van der Waals surface area contributed by atoms with E-state index in [1.54, 1.807) is 17.0 Å². The molecule has 2 amide bonds. The summed E-state index contributed by atoms with van der Waals surface area (Å²) in [5.74, 6) is 0. The molecule has 1 aliphatic heterocycles. The Morgan fingerprint density at radius 1 is 1.14 bits per heavy atom. The summed E-state index contributed by atoms with van der Waals surface area (Å²) in [4.78, 5) is 26.3. The third-order valence-corrected chi connectivity index (χ3v) is 3.47. The van der Waals surface area contributed by atoms with Gasteiger partial charge in [-0.1, -0.05) is 0 Å². The lowest BCUT2D eigenvalue weighted by Gasteiger charge is -2.37. The average Bonchev–Trinajstić information content (AvgIpc) is 2.46. The summed E-state index contributed by atoms with van der Waals surface area (Å²) >= 11 is 0. The number of hydrogen-bond donors (Lipinski definition) is 1.